The summed E-state index contributed by atoms with van der Waals surface area (Å²) in [4.78, 5) is 9.76. The summed E-state index contributed by atoms with van der Waals surface area (Å²) >= 11 is 3.61. The Bertz CT molecular complexity index is 585. The topological polar surface area (TPSA) is 23.8 Å². The molecule has 2 aromatic heterocycles. The number of halogens is 1. The average Bonchev–Trinajstić information content (AvgIpc) is 2.85. The number of piperazine rings is 1. The molecule has 1 aliphatic rings. The first-order valence-electron chi connectivity index (χ1n) is 7.21. The number of anilines is 1. The van der Waals surface area contributed by atoms with Crippen LogP contribution in [0.25, 0.3) is 5.65 Å². The summed E-state index contributed by atoms with van der Waals surface area (Å²) in [5.41, 5.74) is 2.28. The minimum absolute atomic E-state index is 0.633. The quantitative estimate of drug-likeness (QED) is 0.805. The molecule has 0 aromatic carbocycles. The third-order valence-electron chi connectivity index (χ3n) is 4.08. The van der Waals surface area contributed by atoms with Gasteiger partial charge in [-0.1, -0.05) is 22.0 Å². The normalized spacial score (nSPS) is 17.3. The van der Waals surface area contributed by atoms with Crippen molar-refractivity contribution >= 4 is 27.4 Å². The monoisotopic (exact) mass is 336 g/mol. The fourth-order valence-electron chi connectivity index (χ4n) is 2.86. The number of pyridine rings is 1. The van der Waals surface area contributed by atoms with Gasteiger partial charge in [-0.2, -0.15) is 0 Å². The van der Waals surface area contributed by atoms with Gasteiger partial charge in [0.2, 0.25) is 0 Å². The molecular formula is C15H21BrN4. The fourth-order valence-corrected chi connectivity index (χ4v) is 3.38. The second kappa shape index (κ2) is 5.74. The van der Waals surface area contributed by atoms with E-state index in [4.69, 9.17) is 4.98 Å². The van der Waals surface area contributed by atoms with Crippen LogP contribution in [0.1, 0.15) is 19.5 Å². The first kappa shape index (κ1) is 13.9. The third-order valence-corrected chi connectivity index (χ3v) is 4.61. The van der Waals surface area contributed by atoms with Crippen molar-refractivity contribution in [3.8, 4) is 0 Å². The first-order chi connectivity index (χ1) is 9.70. The van der Waals surface area contributed by atoms with Crippen molar-refractivity contribution in [3.05, 3.63) is 30.1 Å². The van der Waals surface area contributed by atoms with Gasteiger partial charge in [0, 0.05) is 43.7 Å². The summed E-state index contributed by atoms with van der Waals surface area (Å²) < 4.78 is 2.18. The Labute approximate surface area is 128 Å². The van der Waals surface area contributed by atoms with E-state index in [2.05, 4.69) is 62.3 Å². The molecule has 0 atom stereocenters. The lowest BCUT2D eigenvalue weighted by Crippen LogP contribution is -2.49. The van der Waals surface area contributed by atoms with Crippen LogP contribution in [-0.2, 0) is 5.33 Å². The van der Waals surface area contributed by atoms with Crippen LogP contribution < -0.4 is 4.90 Å². The van der Waals surface area contributed by atoms with E-state index in [1.54, 1.807) is 0 Å². The van der Waals surface area contributed by atoms with Crippen LogP contribution >= 0.6 is 15.9 Å². The standard InChI is InChI=1S/C15H21BrN4/c1-12(2)18-7-9-19(10-8-18)15-13(11-16)20-6-4-3-5-14(20)17-15/h3-6,12H,7-11H2,1-2H3. The molecule has 0 radical (unpaired) electrons. The smallest absolute Gasteiger partial charge is 0.152 e. The number of hydrogen-bond donors (Lipinski definition) is 0. The van der Waals surface area contributed by atoms with Crippen molar-refractivity contribution in [2.75, 3.05) is 31.1 Å². The molecule has 2 aromatic rings. The second-order valence-electron chi connectivity index (χ2n) is 5.56. The zero-order chi connectivity index (χ0) is 14.1. The van der Waals surface area contributed by atoms with Crippen LogP contribution in [0.5, 0.6) is 0 Å². The van der Waals surface area contributed by atoms with Gasteiger partial charge in [0.05, 0.1) is 5.69 Å². The van der Waals surface area contributed by atoms with Gasteiger partial charge in [-0.25, -0.2) is 4.98 Å². The Hall–Kier alpha value is -1.07. The molecule has 4 nitrogen and oxygen atoms in total. The predicted molar refractivity (Wildman–Crippen MR) is 86.7 cm³/mol. The summed E-state index contributed by atoms with van der Waals surface area (Å²) in [6.45, 7) is 8.89. The molecule has 108 valence electrons. The molecule has 5 heteroatoms. The maximum atomic E-state index is 4.82. The lowest BCUT2D eigenvalue weighted by Gasteiger charge is -2.37. The van der Waals surface area contributed by atoms with Gasteiger partial charge in [0.25, 0.3) is 0 Å². The van der Waals surface area contributed by atoms with Gasteiger partial charge in [-0.15, -0.1) is 0 Å². The molecule has 1 saturated heterocycles. The van der Waals surface area contributed by atoms with Gasteiger partial charge in [-0.3, -0.25) is 4.90 Å². The Morgan fingerprint density at radius 2 is 1.95 bits per heavy atom. The van der Waals surface area contributed by atoms with Crippen LogP contribution in [0, 0.1) is 0 Å². The van der Waals surface area contributed by atoms with Crippen LogP contribution in [-0.4, -0.2) is 46.5 Å². The van der Waals surface area contributed by atoms with Gasteiger partial charge in [0.1, 0.15) is 5.65 Å². The molecule has 3 heterocycles. The second-order valence-corrected chi connectivity index (χ2v) is 6.12. The van der Waals surface area contributed by atoms with E-state index in [1.807, 2.05) is 6.07 Å². The van der Waals surface area contributed by atoms with Crippen LogP contribution in [0.2, 0.25) is 0 Å². The number of hydrogen-bond acceptors (Lipinski definition) is 3. The summed E-state index contributed by atoms with van der Waals surface area (Å²) in [5, 5.41) is 0.831. The number of alkyl halides is 1. The maximum absolute atomic E-state index is 4.82. The van der Waals surface area contributed by atoms with E-state index in [-0.39, 0.29) is 0 Å². The minimum Gasteiger partial charge on any atom is -0.352 e. The van der Waals surface area contributed by atoms with Crippen molar-refractivity contribution in [1.29, 1.82) is 0 Å². The summed E-state index contributed by atoms with van der Waals surface area (Å²) in [5.74, 6) is 1.14. The van der Waals surface area contributed by atoms with E-state index >= 15 is 0 Å². The maximum Gasteiger partial charge on any atom is 0.152 e. The molecule has 0 bridgehead atoms. The van der Waals surface area contributed by atoms with Crippen LogP contribution in [0.4, 0.5) is 5.82 Å². The zero-order valence-corrected chi connectivity index (χ0v) is 13.7. The molecule has 1 fully saturated rings. The lowest BCUT2D eigenvalue weighted by atomic mass is 10.2. The fraction of sp³-hybridized carbons (Fsp3) is 0.533. The molecule has 20 heavy (non-hydrogen) atoms. The third kappa shape index (κ3) is 2.44. The molecule has 0 amide bonds. The highest BCUT2D eigenvalue weighted by molar-refractivity contribution is 9.08. The van der Waals surface area contributed by atoms with E-state index in [1.165, 1.54) is 5.69 Å². The van der Waals surface area contributed by atoms with Crippen LogP contribution in [0.3, 0.4) is 0 Å². The van der Waals surface area contributed by atoms with Gasteiger partial charge in [0.15, 0.2) is 5.82 Å². The Morgan fingerprint density at radius 1 is 1.20 bits per heavy atom. The summed E-state index contributed by atoms with van der Waals surface area (Å²) in [6, 6.07) is 6.80. The van der Waals surface area contributed by atoms with Crippen LogP contribution in [0.15, 0.2) is 24.4 Å². The number of aromatic nitrogens is 2. The summed E-state index contributed by atoms with van der Waals surface area (Å²) in [6.07, 6.45) is 2.09. The molecule has 0 saturated carbocycles. The molecule has 0 N–H and O–H groups in total. The molecule has 0 aliphatic carbocycles. The predicted octanol–water partition coefficient (Wildman–Crippen LogP) is 2.76. The number of nitrogens with zero attached hydrogens (tertiary/aromatic N) is 4. The van der Waals surface area contributed by atoms with Crippen molar-refractivity contribution in [3.63, 3.8) is 0 Å². The number of fused-ring (bicyclic) bond motifs is 1. The van der Waals surface area contributed by atoms with Crippen molar-refractivity contribution in [1.82, 2.24) is 14.3 Å². The highest BCUT2D eigenvalue weighted by atomic mass is 79.9. The molecule has 3 rings (SSSR count). The van der Waals surface area contributed by atoms with Gasteiger partial charge < -0.3 is 9.30 Å². The Balaban J connectivity index is 1.87. The minimum atomic E-state index is 0.633. The SMILES string of the molecule is CC(C)N1CCN(c2nc3ccccn3c2CBr)CC1. The number of imidazole rings is 1. The average molecular weight is 337 g/mol. The zero-order valence-electron chi connectivity index (χ0n) is 12.1. The lowest BCUT2D eigenvalue weighted by molar-refractivity contribution is 0.209. The largest absolute Gasteiger partial charge is 0.352 e. The van der Waals surface area contributed by atoms with Crippen molar-refractivity contribution in [2.45, 2.75) is 25.2 Å². The van der Waals surface area contributed by atoms with E-state index < -0.39 is 0 Å². The van der Waals surface area contributed by atoms with E-state index in [9.17, 15) is 0 Å². The van der Waals surface area contributed by atoms with Gasteiger partial charge in [-0.05, 0) is 26.0 Å². The summed E-state index contributed by atoms with van der Waals surface area (Å²) in [7, 11) is 0. The first-order valence-corrected chi connectivity index (χ1v) is 8.34. The highest BCUT2D eigenvalue weighted by Gasteiger charge is 2.23. The molecule has 0 unspecified atom stereocenters. The van der Waals surface area contributed by atoms with Crippen molar-refractivity contribution < 1.29 is 0 Å². The Morgan fingerprint density at radius 3 is 2.60 bits per heavy atom. The molecule has 1 aliphatic heterocycles. The Kier molecular flexibility index (Phi) is 3.98. The van der Waals surface area contributed by atoms with Gasteiger partial charge >= 0.3 is 0 Å². The molecular weight excluding hydrogens is 316 g/mol. The van der Waals surface area contributed by atoms with E-state index in [0.717, 1.165) is 43.0 Å². The van der Waals surface area contributed by atoms with E-state index in [0.29, 0.717) is 6.04 Å². The van der Waals surface area contributed by atoms with Crippen molar-refractivity contribution in [2.24, 2.45) is 0 Å². The molecule has 0 spiro atoms. The highest BCUT2D eigenvalue weighted by Crippen LogP contribution is 2.25. The number of rotatable bonds is 3.